The fourth-order valence-electron chi connectivity index (χ4n) is 2.63. The lowest BCUT2D eigenvalue weighted by Gasteiger charge is -2.09. The first kappa shape index (κ1) is 22.0. The van der Waals surface area contributed by atoms with Crippen LogP contribution in [-0.2, 0) is 0 Å². The minimum Gasteiger partial charge on any atom is -0.502 e. The van der Waals surface area contributed by atoms with Crippen molar-refractivity contribution in [1.29, 1.82) is 0 Å². The van der Waals surface area contributed by atoms with Crippen molar-refractivity contribution in [2.75, 3.05) is 20.8 Å². The Bertz CT molecular complexity index is 1140. The Morgan fingerprint density at radius 1 is 1.13 bits per heavy atom. The first-order valence-corrected chi connectivity index (χ1v) is 10.4. The maximum absolute atomic E-state index is 10.1. The number of rotatable bonds is 7. The first-order valence-electron chi connectivity index (χ1n) is 8.75. The summed E-state index contributed by atoms with van der Waals surface area (Å²) in [6.07, 6.45) is 3.34. The zero-order valence-corrected chi connectivity index (χ0v) is 18.6. The summed E-state index contributed by atoms with van der Waals surface area (Å²) in [5.74, 6) is 0.498. The molecule has 1 heterocycles. The standard InChI is InChI=1S/C21H19Cl2N3O3S/c1-4-7-24-21-26(17(12-30-21)14-5-6-15(22)16(23)10-14)25-11-13-8-18(28-2)20(27)19(9-13)29-3/h4-6,8-12,27H,1,7H2,2-3H3. The molecule has 1 aromatic heterocycles. The highest BCUT2D eigenvalue weighted by atomic mass is 35.5. The fourth-order valence-corrected chi connectivity index (χ4v) is 3.77. The molecule has 0 radical (unpaired) electrons. The molecule has 0 bridgehead atoms. The van der Waals surface area contributed by atoms with Gasteiger partial charge >= 0.3 is 0 Å². The lowest BCUT2D eigenvalue weighted by atomic mass is 10.2. The average molecular weight is 464 g/mol. The van der Waals surface area contributed by atoms with Crippen molar-refractivity contribution >= 4 is 40.8 Å². The summed E-state index contributed by atoms with van der Waals surface area (Å²) in [7, 11) is 2.94. The second-order valence-electron chi connectivity index (χ2n) is 5.99. The van der Waals surface area contributed by atoms with Crippen LogP contribution in [0.2, 0.25) is 10.0 Å². The average Bonchev–Trinajstić information content (AvgIpc) is 3.16. The van der Waals surface area contributed by atoms with Gasteiger partial charge in [0.1, 0.15) is 0 Å². The van der Waals surface area contributed by atoms with Crippen molar-refractivity contribution in [2.45, 2.75) is 0 Å². The number of nitrogens with zero attached hydrogens (tertiary/aromatic N) is 3. The predicted molar refractivity (Wildman–Crippen MR) is 123 cm³/mol. The quantitative estimate of drug-likeness (QED) is 0.385. The highest BCUT2D eigenvalue weighted by Gasteiger charge is 2.12. The normalized spacial score (nSPS) is 11.8. The Morgan fingerprint density at radius 2 is 1.83 bits per heavy atom. The van der Waals surface area contributed by atoms with Crippen LogP contribution in [0, 0.1) is 0 Å². The van der Waals surface area contributed by atoms with Crippen LogP contribution in [0.4, 0.5) is 0 Å². The summed E-state index contributed by atoms with van der Waals surface area (Å²) in [5, 5.41) is 17.6. The van der Waals surface area contributed by atoms with Crippen molar-refractivity contribution in [3.63, 3.8) is 0 Å². The second kappa shape index (κ2) is 9.84. The molecule has 0 spiro atoms. The van der Waals surface area contributed by atoms with Gasteiger partial charge in [-0.1, -0.05) is 35.3 Å². The number of phenols is 1. The smallest absolute Gasteiger partial charge is 0.206 e. The predicted octanol–water partition coefficient (Wildman–Crippen LogP) is 5.22. The van der Waals surface area contributed by atoms with E-state index in [9.17, 15) is 5.11 Å². The molecule has 0 saturated carbocycles. The minimum atomic E-state index is -0.0708. The van der Waals surface area contributed by atoms with Gasteiger partial charge in [-0.15, -0.1) is 17.9 Å². The lowest BCUT2D eigenvalue weighted by Crippen LogP contribution is -2.12. The first-order chi connectivity index (χ1) is 14.5. The Labute approximate surface area is 188 Å². The van der Waals surface area contributed by atoms with Gasteiger partial charge in [-0.3, -0.25) is 4.99 Å². The summed E-state index contributed by atoms with van der Waals surface area (Å²) >= 11 is 13.7. The second-order valence-corrected chi connectivity index (χ2v) is 7.64. The summed E-state index contributed by atoms with van der Waals surface area (Å²) in [4.78, 5) is 5.19. The van der Waals surface area contributed by atoms with E-state index in [1.165, 1.54) is 25.6 Å². The Morgan fingerprint density at radius 3 is 2.43 bits per heavy atom. The Kier molecular flexibility index (Phi) is 7.20. The third kappa shape index (κ3) is 4.70. The molecular weight excluding hydrogens is 445 g/mol. The molecule has 0 aliphatic heterocycles. The van der Waals surface area contributed by atoms with Crippen molar-refractivity contribution in [2.24, 2.45) is 10.1 Å². The zero-order valence-electron chi connectivity index (χ0n) is 16.3. The number of phenolic OH excluding ortho intramolecular Hbond substituents is 1. The number of hydrogen-bond acceptors (Lipinski definition) is 6. The van der Waals surface area contributed by atoms with E-state index < -0.39 is 0 Å². The van der Waals surface area contributed by atoms with Gasteiger partial charge in [-0.05, 0) is 24.3 Å². The molecule has 0 fully saturated rings. The molecule has 0 aliphatic rings. The minimum absolute atomic E-state index is 0.0708. The molecule has 3 rings (SSSR count). The molecule has 6 nitrogen and oxygen atoms in total. The number of hydrogen-bond donors (Lipinski definition) is 1. The molecule has 0 atom stereocenters. The monoisotopic (exact) mass is 463 g/mol. The van der Waals surface area contributed by atoms with Gasteiger partial charge in [0.15, 0.2) is 11.5 Å². The van der Waals surface area contributed by atoms with Gasteiger partial charge in [0.05, 0.1) is 42.7 Å². The molecule has 2 aromatic carbocycles. The molecule has 0 unspecified atom stereocenters. The van der Waals surface area contributed by atoms with Crippen LogP contribution in [0.3, 0.4) is 0 Å². The molecule has 9 heteroatoms. The fraction of sp³-hybridized carbons (Fsp3) is 0.143. The van der Waals surface area contributed by atoms with Crippen LogP contribution < -0.4 is 14.3 Å². The van der Waals surface area contributed by atoms with E-state index in [4.69, 9.17) is 32.7 Å². The number of halogens is 2. The summed E-state index contributed by atoms with van der Waals surface area (Å²) < 4.78 is 12.1. The van der Waals surface area contributed by atoms with E-state index in [0.717, 1.165) is 11.3 Å². The van der Waals surface area contributed by atoms with Crippen molar-refractivity contribution in [3.8, 4) is 28.5 Å². The number of aromatic hydroxyl groups is 1. The third-order valence-corrected chi connectivity index (χ3v) is 5.67. The highest BCUT2D eigenvalue weighted by Crippen LogP contribution is 2.36. The van der Waals surface area contributed by atoms with Crippen LogP contribution in [0.25, 0.3) is 11.3 Å². The van der Waals surface area contributed by atoms with Gasteiger partial charge in [-0.25, -0.2) is 4.68 Å². The van der Waals surface area contributed by atoms with Crippen LogP contribution in [0.5, 0.6) is 17.2 Å². The molecule has 0 saturated heterocycles. The molecular formula is C21H19Cl2N3O3S. The van der Waals surface area contributed by atoms with Gasteiger partial charge in [0.25, 0.3) is 0 Å². The van der Waals surface area contributed by atoms with E-state index in [0.29, 0.717) is 27.0 Å². The molecule has 0 aliphatic carbocycles. The SMILES string of the molecule is C=CCN=c1scc(-c2ccc(Cl)c(Cl)c2)n1N=Cc1cc(OC)c(O)c(OC)c1. The van der Waals surface area contributed by atoms with E-state index >= 15 is 0 Å². The van der Waals surface area contributed by atoms with E-state index in [1.807, 2.05) is 11.4 Å². The number of benzene rings is 2. The molecule has 156 valence electrons. The Hall–Kier alpha value is -2.74. The summed E-state index contributed by atoms with van der Waals surface area (Å²) in [6.45, 7) is 4.17. The number of aromatic nitrogens is 1. The van der Waals surface area contributed by atoms with Gasteiger partial charge in [-0.2, -0.15) is 5.10 Å². The number of ether oxygens (including phenoxy) is 2. The van der Waals surface area contributed by atoms with E-state index in [1.54, 1.807) is 41.2 Å². The Balaban J connectivity index is 2.11. The molecule has 30 heavy (non-hydrogen) atoms. The maximum atomic E-state index is 10.1. The molecule has 0 amide bonds. The van der Waals surface area contributed by atoms with Crippen LogP contribution >= 0.6 is 34.5 Å². The van der Waals surface area contributed by atoms with Crippen LogP contribution in [0.15, 0.2) is 58.5 Å². The summed E-state index contributed by atoms with van der Waals surface area (Å²) in [5.41, 5.74) is 2.32. The third-order valence-electron chi connectivity index (χ3n) is 4.08. The van der Waals surface area contributed by atoms with Gasteiger partial charge in [0.2, 0.25) is 10.6 Å². The number of thiazole rings is 1. The highest BCUT2D eigenvalue weighted by molar-refractivity contribution is 7.07. The van der Waals surface area contributed by atoms with Gasteiger partial charge < -0.3 is 14.6 Å². The number of methoxy groups -OCH3 is 2. The lowest BCUT2D eigenvalue weighted by molar-refractivity contribution is 0.340. The molecule has 3 aromatic rings. The topological polar surface area (TPSA) is 68.3 Å². The van der Waals surface area contributed by atoms with E-state index in [-0.39, 0.29) is 17.2 Å². The molecule has 1 N–H and O–H groups in total. The van der Waals surface area contributed by atoms with Crippen molar-refractivity contribution < 1.29 is 14.6 Å². The zero-order chi connectivity index (χ0) is 21.7. The van der Waals surface area contributed by atoms with Crippen LogP contribution in [-0.4, -0.2) is 36.8 Å². The van der Waals surface area contributed by atoms with Crippen LogP contribution in [0.1, 0.15) is 5.56 Å². The van der Waals surface area contributed by atoms with Gasteiger partial charge in [0, 0.05) is 16.5 Å². The largest absolute Gasteiger partial charge is 0.502 e. The van der Waals surface area contributed by atoms with E-state index in [2.05, 4.69) is 16.7 Å². The van der Waals surface area contributed by atoms with Crippen molar-refractivity contribution in [3.05, 3.63) is 68.8 Å². The summed E-state index contributed by atoms with van der Waals surface area (Å²) in [6, 6.07) is 8.70. The maximum Gasteiger partial charge on any atom is 0.206 e. The van der Waals surface area contributed by atoms with Crippen molar-refractivity contribution in [1.82, 2.24) is 4.68 Å².